The summed E-state index contributed by atoms with van der Waals surface area (Å²) in [5.41, 5.74) is 0.0389. The minimum atomic E-state index is -0.447. The molecule has 0 saturated heterocycles. The molecule has 0 bridgehead atoms. The number of nitro benzene ring substituents is 1. The van der Waals surface area contributed by atoms with Gasteiger partial charge in [-0.2, -0.15) is 0 Å². The predicted molar refractivity (Wildman–Crippen MR) is 92.2 cm³/mol. The fourth-order valence-corrected chi connectivity index (χ4v) is 1.94. The number of benzene rings is 2. The summed E-state index contributed by atoms with van der Waals surface area (Å²) in [6, 6.07) is 15.5. The van der Waals surface area contributed by atoms with Crippen LogP contribution in [0.2, 0.25) is 0 Å². The molecular weight excluding hydrogens is 326 g/mol. The summed E-state index contributed by atoms with van der Waals surface area (Å²) in [6.07, 6.45) is 0. The highest BCUT2D eigenvalue weighted by atomic mass is 16.6. The average Bonchev–Trinajstić information content (AvgIpc) is 2.64. The van der Waals surface area contributed by atoms with E-state index in [1.54, 1.807) is 12.1 Å². The number of ether oxygens (including phenoxy) is 4. The van der Waals surface area contributed by atoms with Gasteiger partial charge in [-0.05, 0) is 24.3 Å². The Hall–Kier alpha value is -2.64. The SMILES string of the molecule is O=[N+]([O-])c1ccc(OCCOCCOCCOc2ccccc2)cc1. The number of non-ortho nitro benzene ring substituents is 1. The van der Waals surface area contributed by atoms with E-state index in [4.69, 9.17) is 18.9 Å². The second kappa shape index (κ2) is 11.0. The van der Waals surface area contributed by atoms with E-state index in [0.29, 0.717) is 45.4 Å². The number of nitro groups is 1. The molecule has 0 aliphatic carbocycles. The summed E-state index contributed by atoms with van der Waals surface area (Å²) in [4.78, 5) is 10.1. The number of nitrogens with zero attached hydrogens (tertiary/aromatic N) is 1. The average molecular weight is 347 g/mol. The maximum absolute atomic E-state index is 10.5. The highest BCUT2D eigenvalue weighted by Crippen LogP contribution is 2.17. The molecule has 7 nitrogen and oxygen atoms in total. The maximum Gasteiger partial charge on any atom is 0.269 e. The summed E-state index contributed by atoms with van der Waals surface area (Å²) in [5, 5.41) is 10.5. The quantitative estimate of drug-likeness (QED) is 0.333. The molecule has 0 aliphatic rings. The zero-order valence-electron chi connectivity index (χ0n) is 13.8. The van der Waals surface area contributed by atoms with Crippen LogP contribution in [0.3, 0.4) is 0 Å². The van der Waals surface area contributed by atoms with Crippen LogP contribution in [0, 0.1) is 10.1 Å². The fourth-order valence-electron chi connectivity index (χ4n) is 1.94. The summed E-state index contributed by atoms with van der Waals surface area (Å²) in [7, 11) is 0. The van der Waals surface area contributed by atoms with Crippen LogP contribution in [0.15, 0.2) is 54.6 Å². The predicted octanol–water partition coefficient (Wildman–Crippen LogP) is 3.09. The first-order valence-corrected chi connectivity index (χ1v) is 7.96. The van der Waals surface area contributed by atoms with Gasteiger partial charge in [0.05, 0.1) is 31.4 Å². The monoisotopic (exact) mass is 347 g/mol. The van der Waals surface area contributed by atoms with Crippen molar-refractivity contribution < 1.29 is 23.9 Å². The van der Waals surface area contributed by atoms with Crippen LogP contribution in [0.25, 0.3) is 0 Å². The van der Waals surface area contributed by atoms with E-state index in [1.807, 2.05) is 30.3 Å². The van der Waals surface area contributed by atoms with Gasteiger partial charge >= 0.3 is 0 Å². The van der Waals surface area contributed by atoms with Crippen molar-refractivity contribution >= 4 is 5.69 Å². The third kappa shape index (κ3) is 7.65. The van der Waals surface area contributed by atoms with E-state index >= 15 is 0 Å². The first kappa shape index (κ1) is 18.7. The van der Waals surface area contributed by atoms with Crippen LogP contribution in [0.1, 0.15) is 0 Å². The minimum Gasteiger partial charge on any atom is -0.491 e. The van der Waals surface area contributed by atoms with Crippen molar-refractivity contribution in [1.29, 1.82) is 0 Å². The Bertz CT molecular complexity index is 617. The van der Waals surface area contributed by atoms with Gasteiger partial charge in [-0.15, -0.1) is 0 Å². The van der Waals surface area contributed by atoms with Gasteiger partial charge in [0.1, 0.15) is 24.7 Å². The lowest BCUT2D eigenvalue weighted by Crippen LogP contribution is -2.13. The normalized spacial score (nSPS) is 10.4. The largest absolute Gasteiger partial charge is 0.491 e. The molecule has 2 aromatic carbocycles. The number of hydrogen-bond donors (Lipinski definition) is 0. The van der Waals surface area contributed by atoms with E-state index in [0.717, 1.165) is 5.75 Å². The molecule has 0 aliphatic heterocycles. The van der Waals surface area contributed by atoms with Crippen LogP contribution < -0.4 is 9.47 Å². The van der Waals surface area contributed by atoms with Gasteiger partial charge in [-0.3, -0.25) is 10.1 Å². The Balaban J connectivity index is 1.42. The van der Waals surface area contributed by atoms with E-state index < -0.39 is 4.92 Å². The lowest BCUT2D eigenvalue weighted by atomic mass is 10.3. The van der Waals surface area contributed by atoms with Crippen LogP contribution >= 0.6 is 0 Å². The third-order valence-electron chi connectivity index (χ3n) is 3.16. The molecule has 2 aromatic rings. The Morgan fingerprint density at radius 1 is 0.680 bits per heavy atom. The van der Waals surface area contributed by atoms with Crippen molar-refractivity contribution in [3.63, 3.8) is 0 Å². The van der Waals surface area contributed by atoms with Crippen molar-refractivity contribution in [3.8, 4) is 11.5 Å². The van der Waals surface area contributed by atoms with Crippen LogP contribution in [-0.2, 0) is 9.47 Å². The Labute approximate surface area is 146 Å². The first-order chi connectivity index (χ1) is 12.3. The summed E-state index contributed by atoms with van der Waals surface area (Å²) >= 11 is 0. The molecule has 0 spiro atoms. The van der Waals surface area contributed by atoms with Crippen molar-refractivity contribution in [3.05, 3.63) is 64.7 Å². The minimum absolute atomic E-state index is 0.0389. The molecule has 0 unspecified atom stereocenters. The lowest BCUT2D eigenvalue weighted by Gasteiger charge is -2.08. The molecule has 0 atom stereocenters. The van der Waals surface area contributed by atoms with Gasteiger partial charge in [0.2, 0.25) is 0 Å². The number of para-hydroxylation sites is 1. The second-order valence-corrected chi connectivity index (χ2v) is 4.99. The van der Waals surface area contributed by atoms with E-state index in [9.17, 15) is 10.1 Å². The maximum atomic E-state index is 10.5. The molecule has 0 saturated carbocycles. The zero-order valence-corrected chi connectivity index (χ0v) is 13.8. The van der Waals surface area contributed by atoms with Crippen molar-refractivity contribution in [1.82, 2.24) is 0 Å². The van der Waals surface area contributed by atoms with Gasteiger partial charge in [0.15, 0.2) is 0 Å². The van der Waals surface area contributed by atoms with Crippen molar-refractivity contribution in [2.45, 2.75) is 0 Å². The second-order valence-electron chi connectivity index (χ2n) is 4.99. The van der Waals surface area contributed by atoms with Gasteiger partial charge in [-0.25, -0.2) is 0 Å². The Morgan fingerprint density at radius 3 is 1.68 bits per heavy atom. The standard InChI is InChI=1S/C18H21NO6/c20-19(21)16-6-8-18(9-7-16)25-15-13-23-11-10-22-12-14-24-17-4-2-1-3-5-17/h1-9H,10-15H2. The summed E-state index contributed by atoms with van der Waals surface area (Å²) < 4.78 is 21.7. The number of hydrogen-bond acceptors (Lipinski definition) is 6. The van der Waals surface area contributed by atoms with E-state index in [-0.39, 0.29) is 5.69 Å². The molecular formula is C18H21NO6. The van der Waals surface area contributed by atoms with Gasteiger partial charge < -0.3 is 18.9 Å². The molecule has 0 heterocycles. The lowest BCUT2D eigenvalue weighted by molar-refractivity contribution is -0.384. The van der Waals surface area contributed by atoms with Gasteiger partial charge in [-0.1, -0.05) is 18.2 Å². The molecule has 0 amide bonds. The zero-order chi connectivity index (χ0) is 17.7. The highest BCUT2D eigenvalue weighted by Gasteiger charge is 2.04. The third-order valence-corrected chi connectivity index (χ3v) is 3.16. The molecule has 0 aromatic heterocycles. The summed E-state index contributed by atoms with van der Waals surface area (Å²) in [6.45, 7) is 2.73. The Kier molecular flexibility index (Phi) is 8.23. The van der Waals surface area contributed by atoms with Gasteiger partial charge in [0, 0.05) is 12.1 Å². The molecule has 0 radical (unpaired) electrons. The van der Waals surface area contributed by atoms with Crippen LogP contribution in [-0.4, -0.2) is 44.6 Å². The smallest absolute Gasteiger partial charge is 0.269 e. The Morgan fingerprint density at radius 2 is 1.16 bits per heavy atom. The van der Waals surface area contributed by atoms with Gasteiger partial charge in [0.25, 0.3) is 5.69 Å². The molecule has 0 N–H and O–H groups in total. The number of rotatable bonds is 12. The fraction of sp³-hybridized carbons (Fsp3) is 0.333. The topological polar surface area (TPSA) is 80.1 Å². The van der Waals surface area contributed by atoms with E-state index in [2.05, 4.69) is 0 Å². The molecule has 7 heteroatoms. The molecule has 25 heavy (non-hydrogen) atoms. The molecule has 134 valence electrons. The van der Waals surface area contributed by atoms with Crippen molar-refractivity contribution in [2.75, 3.05) is 39.6 Å². The van der Waals surface area contributed by atoms with Crippen molar-refractivity contribution in [2.24, 2.45) is 0 Å². The first-order valence-electron chi connectivity index (χ1n) is 7.96. The highest BCUT2D eigenvalue weighted by molar-refractivity contribution is 5.35. The van der Waals surface area contributed by atoms with Crippen LogP contribution in [0.5, 0.6) is 11.5 Å². The van der Waals surface area contributed by atoms with Crippen LogP contribution in [0.4, 0.5) is 5.69 Å². The van der Waals surface area contributed by atoms with E-state index in [1.165, 1.54) is 12.1 Å². The summed E-state index contributed by atoms with van der Waals surface area (Å²) in [5.74, 6) is 1.40. The molecule has 0 fully saturated rings. The molecule has 2 rings (SSSR count).